The number of hydrogen-bond acceptors (Lipinski definition) is 7. The molecule has 0 spiro atoms. The van der Waals surface area contributed by atoms with Crippen molar-refractivity contribution in [1.29, 1.82) is 0 Å². The molecule has 0 radical (unpaired) electrons. The van der Waals surface area contributed by atoms with E-state index in [9.17, 15) is 24.3 Å². The van der Waals surface area contributed by atoms with E-state index in [1.165, 1.54) is 0 Å². The van der Waals surface area contributed by atoms with Crippen LogP contribution in [0.15, 0.2) is 4.99 Å². The Morgan fingerprint density at radius 2 is 1.52 bits per heavy atom. The maximum atomic E-state index is 12.9. The van der Waals surface area contributed by atoms with Gasteiger partial charge in [-0.1, -0.05) is 34.1 Å². The summed E-state index contributed by atoms with van der Waals surface area (Å²) < 4.78 is 0. The minimum atomic E-state index is -1.20. The van der Waals surface area contributed by atoms with Crippen LogP contribution < -0.4 is 33.2 Å². The molecule has 11 N–H and O–H groups in total. The second-order valence-electron chi connectivity index (χ2n) is 8.24. The number of aliphatic hydroxyl groups excluding tert-OH is 1. The lowest BCUT2D eigenvalue weighted by Crippen LogP contribution is -2.59. The number of carboxylic acids is 1. The van der Waals surface area contributed by atoms with Gasteiger partial charge in [-0.3, -0.25) is 19.4 Å². The zero-order valence-corrected chi connectivity index (χ0v) is 19.7. The lowest BCUT2D eigenvalue weighted by molar-refractivity contribution is -0.144. The van der Waals surface area contributed by atoms with Gasteiger partial charge in [-0.05, 0) is 24.7 Å². The standard InChI is InChI=1S/C20H39N7O6/c1-5-11(4)15(19(32)33)27-17(30)13(7-6-8-24-20(22)23)25-18(31)14(10(2)3)26-16(29)12(21)9-28/h10-15,28H,5-9,21H2,1-4H3,(H,25,31)(H,26,29)(H,27,30)(H,32,33)(H4,22,23,24). The lowest BCUT2D eigenvalue weighted by atomic mass is 9.98. The molecule has 0 heterocycles. The molecule has 0 fully saturated rings. The summed E-state index contributed by atoms with van der Waals surface area (Å²) in [4.78, 5) is 53.3. The van der Waals surface area contributed by atoms with E-state index in [2.05, 4.69) is 20.9 Å². The Balaban J connectivity index is 5.57. The van der Waals surface area contributed by atoms with E-state index in [4.69, 9.17) is 22.3 Å². The molecule has 0 saturated heterocycles. The molecule has 0 aromatic heterocycles. The highest BCUT2D eigenvalue weighted by molar-refractivity contribution is 5.94. The molecule has 0 aromatic rings. The zero-order chi connectivity index (χ0) is 25.7. The van der Waals surface area contributed by atoms with Gasteiger partial charge in [-0.25, -0.2) is 4.79 Å². The molecule has 3 amide bonds. The van der Waals surface area contributed by atoms with Crippen LogP contribution in [-0.4, -0.2) is 77.2 Å². The summed E-state index contributed by atoms with van der Waals surface area (Å²) in [5, 5.41) is 26.0. The average Bonchev–Trinajstić information content (AvgIpc) is 2.75. The Morgan fingerprint density at radius 1 is 0.939 bits per heavy atom. The summed E-state index contributed by atoms with van der Waals surface area (Å²) in [6, 6.07) is -4.47. The maximum Gasteiger partial charge on any atom is 0.326 e. The average molecular weight is 474 g/mol. The number of amides is 3. The first-order chi connectivity index (χ1) is 15.3. The van der Waals surface area contributed by atoms with E-state index in [1.54, 1.807) is 27.7 Å². The number of aliphatic imine (C=N–C) groups is 1. The van der Waals surface area contributed by atoms with Gasteiger partial charge in [-0.15, -0.1) is 0 Å². The van der Waals surface area contributed by atoms with Gasteiger partial charge in [0.2, 0.25) is 17.7 Å². The molecule has 5 unspecified atom stereocenters. The van der Waals surface area contributed by atoms with Gasteiger partial charge >= 0.3 is 5.97 Å². The van der Waals surface area contributed by atoms with Crippen LogP contribution in [0.2, 0.25) is 0 Å². The second kappa shape index (κ2) is 15.0. The van der Waals surface area contributed by atoms with Crippen molar-refractivity contribution in [3.8, 4) is 0 Å². The van der Waals surface area contributed by atoms with Gasteiger partial charge in [-0.2, -0.15) is 0 Å². The van der Waals surface area contributed by atoms with Crippen molar-refractivity contribution in [2.75, 3.05) is 13.2 Å². The van der Waals surface area contributed by atoms with Crippen LogP contribution in [-0.2, 0) is 19.2 Å². The Bertz CT molecular complexity index is 696. The Morgan fingerprint density at radius 3 is 1.97 bits per heavy atom. The Hall–Kier alpha value is -2.93. The van der Waals surface area contributed by atoms with Crippen molar-refractivity contribution in [3.63, 3.8) is 0 Å². The number of aliphatic hydroxyl groups is 1. The van der Waals surface area contributed by atoms with E-state index in [0.29, 0.717) is 12.8 Å². The molecule has 0 aliphatic rings. The number of hydrogen-bond donors (Lipinski definition) is 8. The molecule has 190 valence electrons. The molecule has 0 aliphatic heterocycles. The highest BCUT2D eigenvalue weighted by Crippen LogP contribution is 2.10. The van der Waals surface area contributed by atoms with Gasteiger partial charge in [0.25, 0.3) is 0 Å². The van der Waals surface area contributed by atoms with E-state index >= 15 is 0 Å². The van der Waals surface area contributed by atoms with E-state index < -0.39 is 54.5 Å². The number of carbonyl (C=O) groups excluding carboxylic acids is 3. The molecule has 0 aliphatic carbocycles. The first-order valence-electron chi connectivity index (χ1n) is 10.9. The molecule has 0 aromatic carbocycles. The molecule has 33 heavy (non-hydrogen) atoms. The number of guanidine groups is 1. The molecular formula is C20H39N7O6. The molecule has 5 atom stereocenters. The van der Waals surface area contributed by atoms with Crippen LogP contribution in [0.4, 0.5) is 0 Å². The molecule has 13 nitrogen and oxygen atoms in total. The van der Waals surface area contributed by atoms with Crippen LogP contribution in [0.5, 0.6) is 0 Å². The number of nitrogens with one attached hydrogen (secondary N) is 3. The van der Waals surface area contributed by atoms with Gasteiger partial charge in [0.05, 0.1) is 6.61 Å². The highest BCUT2D eigenvalue weighted by atomic mass is 16.4. The monoisotopic (exact) mass is 473 g/mol. The summed E-state index contributed by atoms with van der Waals surface area (Å²) in [6.07, 6.45) is 0.965. The molecule has 0 saturated carbocycles. The number of carbonyl (C=O) groups is 4. The largest absolute Gasteiger partial charge is 0.480 e. The van der Waals surface area contributed by atoms with Crippen LogP contribution in [0, 0.1) is 11.8 Å². The summed E-state index contributed by atoms with van der Waals surface area (Å²) >= 11 is 0. The minimum absolute atomic E-state index is 0.120. The van der Waals surface area contributed by atoms with Crippen LogP contribution in [0.1, 0.15) is 47.0 Å². The number of nitrogens with zero attached hydrogens (tertiary/aromatic N) is 1. The van der Waals surface area contributed by atoms with Crippen molar-refractivity contribution < 1.29 is 29.4 Å². The smallest absolute Gasteiger partial charge is 0.326 e. The van der Waals surface area contributed by atoms with Crippen molar-refractivity contribution >= 4 is 29.7 Å². The number of rotatable bonds is 15. The third-order valence-electron chi connectivity index (χ3n) is 5.14. The summed E-state index contributed by atoms with van der Waals surface area (Å²) in [7, 11) is 0. The lowest BCUT2D eigenvalue weighted by Gasteiger charge is -2.27. The van der Waals surface area contributed by atoms with Gasteiger partial charge in [0, 0.05) is 6.54 Å². The quantitative estimate of drug-likeness (QED) is 0.0717. The molecular weight excluding hydrogens is 434 g/mol. The topological polar surface area (TPSA) is 235 Å². The first kappa shape index (κ1) is 30.1. The number of nitrogens with two attached hydrogens (primary N) is 3. The predicted molar refractivity (Wildman–Crippen MR) is 123 cm³/mol. The van der Waals surface area contributed by atoms with Crippen molar-refractivity contribution in [3.05, 3.63) is 0 Å². The summed E-state index contributed by atoms with van der Waals surface area (Å²) in [5.74, 6) is -4.06. The number of aliphatic carboxylic acids is 1. The fraction of sp³-hybridized carbons (Fsp3) is 0.750. The highest BCUT2D eigenvalue weighted by Gasteiger charge is 2.32. The van der Waals surface area contributed by atoms with E-state index in [0.717, 1.165) is 0 Å². The second-order valence-corrected chi connectivity index (χ2v) is 8.24. The van der Waals surface area contributed by atoms with Crippen LogP contribution in [0.25, 0.3) is 0 Å². The van der Waals surface area contributed by atoms with E-state index in [-0.39, 0.29) is 30.8 Å². The maximum absolute atomic E-state index is 12.9. The van der Waals surface area contributed by atoms with Crippen molar-refractivity contribution in [2.45, 2.75) is 71.1 Å². The first-order valence-corrected chi connectivity index (χ1v) is 10.9. The third-order valence-corrected chi connectivity index (χ3v) is 5.14. The van der Waals surface area contributed by atoms with Crippen molar-refractivity contribution in [1.82, 2.24) is 16.0 Å². The number of carboxylic acid groups (broad SMARTS) is 1. The van der Waals surface area contributed by atoms with Gasteiger partial charge in [0.15, 0.2) is 5.96 Å². The van der Waals surface area contributed by atoms with Gasteiger partial charge < -0.3 is 43.4 Å². The fourth-order valence-corrected chi connectivity index (χ4v) is 2.85. The Labute approximate surface area is 193 Å². The molecule has 0 rings (SSSR count). The predicted octanol–water partition coefficient (Wildman–Crippen LogP) is -2.40. The van der Waals surface area contributed by atoms with E-state index in [1.807, 2.05) is 0 Å². The summed E-state index contributed by atoms with van der Waals surface area (Å²) in [6.45, 7) is 6.47. The molecule has 0 bridgehead atoms. The van der Waals surface area contributed by atoms with Crippen LogP contribution in [0.3, 0.4) is 0 Å². The minimum Gasteiger partial charge on any atom is -0.480 e. The fourth-order valence-electron chi connectivity index (χ4n) is 2.85. The summed E-state index contributed by atoms with van der Waals surface area (Å²) in [5.41, 5.74) is 16.1. The zero-order valence-electron chi connectivity index (χ0n) is 19.7. The Kier molecular flexibility index (Phi) is 13.7. The molecule has 13 heteroatoms. The van der Waals surface area contributed by atoms with Crippen molar-refractivity contribution in [2.24, 2.45) is 34.0 Å². The normalized spacial score (nSPS) is 15.5. The third kappa shape index (κ3) is 11.0. The van der Waals surface area contributed by atoms with Crippen LogP contribution >= 0.6 is 0 Å². The SMILES string of the molecule is CCC(C)C(NC(=O)C(CCCN=C(N)N)NC(=O)C(NC(=O)C(N)CO)C(C)C)C(=O)O. The van der Waals surface area contributed by atoms with Gasteiger partial charge in [0.1, 0.15) is 24.2 Å².